The average molecular weight is 580 g/mol. The lowest BCUT2D eigenvalue weighted by atomic mass is 10.1. The molecule has 3 aromatic carbocycles. The highest BCUT2D eigenvalue weighted by molar-refractivity contribution is 6.30. The molecular formula is C31H32Cl2N4O3. The first-order chi connectivity index (χ1) is 19.4. The molecule has 0 saturated heterocycles. The Morgan fingerprint density at radius 3 is 1.95 bits per heavy atom. The van der Waals surface area contributed by atoms with Gasteiger partial charge in [0.05, 0.1) is 30.8 Å². The number of ether oxygens (including phenoxy) is 2. The summed E-state index contributed by atoms with van der Waals surface area (Å²) < 4.78 is 11.5. The minimum atomic E-state index is -0.475. The van der Waals surface area contributed by atoms with Crippen molar-refractivity contribution < 1.29 is 14.3 Å². The van der Waals surface area contributed by atoms with E-state index in [0.29, 0.717) is 45.2 Å². The Bertz CT molecular complexity index is 1360. The van der Waals surface area contributed by atoms with Gasteiger partial charge in [-0.15, -0.1) is 0 Å². The number of nitrogens with zero attached hydrogens (tertiary/aromatic N) is 3. The van der Waals surface area contributed by atoms with Crippen molar-refractivity contribution in [2.75, 3.05) is 38.7 Å². The van der Waals surface area contributed by atoms with E-state index < -0.39 is 5.91 Å². The lowest BCUT2D eigenvalue weighted by molar-refractivity contribution is 0.101. The molecule has 0 fully saturated rings. The van der Waals surface area contributed by atoms with E-state index in [-0.39, 0.29) is 5.82 Å². The topological polar surface area (TPSA) is 76.6 Å². The Hall–Kier alpha value is -3.65. The maximum Gasteiger partial charge on any atom is 0.293 e. The molecule has 40 heavy (non-hydrogen) atoms. The van der Waals surface area contributed by atoms with Crippen LogP contribution in [0.1, 0.15) is 30.9 Å². The van der Waals surface area contributed by atoms with E-state index in [2.05, 4.69) is 34.0 Å². The summed E-state index contributed by atoms with van der Waals surface area (Å²) >= 11 is 12.2. The van der Waals surface area contributed by atoms with E-state index in [1.165, 1.54) is 0 Å². The number of hydrogen-bond acceptors (Lipinski definition) is 6. The number of aromatic nitrogens is 2. The van der Waals surface area contributed by atoms with Gasteiger partial charge < -0.3 is 19.7 Å². The molecule has 208 valence electrons. The molecule has 0 saturated carbocycles. The maximum absolute atomic E-state index is 13.4. The summed E-state index contributed by atoms with van der Waals surface area (Å²) in [5.41, 5.74) is 3.26. The van der Waals surface area contributed by atoms with Gasteiger partial charge in [-0.3, -0.25) is 4.79 Å². The molecule has 0 aliphatic heterocycles. The number of halogens is 2. The Labute approximate surface area is 245 Å². The van der Waals surface area contributed by atoms with E-state index in [1.54, 1.807) is 49.6 Å². The SMILES string of the molecule is CCN(CC)CCCOc1ccc(NC(=O)c2nc(-c3ccc(Cl)cc3)cc(-c3ccc(Cl)cc3)n2)c(OC)c1. The number of rotatable bonds is 12. The average Bonchev–Trinajstić information content (AvgIpc) is 2.98. The monoisotopic (exact) mass is 578 g/mol. The number of carbonyl (C=O) groups excluding carboxylic acids is 1. The van der Waals surface area contributed by atoms with Crippen molar-refractivity contribution in [3.8, 4) is 34.0 Å². The van der Waals surface area contributed by atoms with Crippen LogP contribution in [0, 0.1) is 0 Å². The molecule has 1 aromatic heterocycles. The Morgan fingerprint density at radius 1 is 0.850 bits per heavy atom. The molecule has 1 N–H and O–H groups in total. The molecule has 0 aliphatic rings. The number of anilines is 1. The summed E-state index contributed by atoms with van der Waals surface area (Å²) in [4.78, 5) is 24.9. The zero-order valence-corrected chi connectivity index (χ0v) is 24.3. The molecule has 0 radical (unpaired) electrons. The van der Waals surface area contributed by atoms with Gasteiger partial charge in [0.15, 0.2) is 0 Å². The van der Waals surface area contributed by atoms with Crippen molar-refractivity contribution in [3.05, 3.63) is 88.7 Å². The fraction of sp³-hybridized carbons (Fsp3) is 0.258. The fourth-order valence-corrected chi connectivity index (χ4v) is 4.40. The molecule has 0 spiro atoms. The molecule has 0 aliphatic carbocycles. The second-order valence-electron chi connectivity index (χ2n) is 9.02. The summed E-state index contributed by atoms with van der Waals surface area (Å²) in [6.07, 6.45) is 0.916. The largest absolute Gasteiger partial charge is 0.494 e. The Balaban J connectivity index is 1.56. The van der Waals surface area contributed by atoms with Gasteiger partial charge in [-0.25, -0.2) is 9.97 Å². The third-order valence-corrected chi connectivity index (χ3v) is 6.92. The van der Waals surface area contributed by atoms with Crippen LogP contribution in [0.2, 0.25) is 10.0 Å². The first kappa shape index (κ1) is 29.3. The van der Waals surface area contributed by atoms with Gasteiger partial charge in [0.25, 0.3) is 5.91 Å². The van der Waals surface area contributed by atoms with Gasteiger partial charge in [-0.1, -0.05) is 61.3 Å². The molecule has 0 bridgehead atoms. The van der Waals surface area contributed by atoms with Gasteiger partial charge in [-0.2, -0.15) is 0 Å². The van der Waals surface area contributed by atoms with Gasteiger partial charge >= 0.3 is 0 Å². The first-order valence-corrected chi connectivity index (χ1v) is 13.9. The smallest absolute Gasteiger partial charge is 0.293 e. The van der Waals surface area contributed by atoms with Crippen LogP contribution in [0.25, 0.3) is 22.5 Å². The molecule has 1 amide bonds. The van der Waals surface area contributed by atoms with Crippen LogP contribution in [0.3, 0.4) is 0 Å². The molecule has 7 nitrogen and oxygen atoms in total. The van der Waals surface area contributed by atoms with Crippen LogP contribution in [0.4, 0.5) is 5.69 Å². The van der Waals surface area contributed by atoms with Crippen LogP contribution in [-0.4, -0.2) is 54.1 Å². The van der Waals surface area contributed by atoms with Crippen LogP contribution in [-0.2, 0) is 0 Å². The number of hydrogen-bond donors (Lipinski definition) is 1. The first-order valence-electron chi connectivity index (χ1n) is 13.2. The second-order valence-corrected chi connectivity index (χ2v) is 9.89. The fourth-order valence-electron chi connectivity index (χ4n) is 4.15. The van der Waals surface area contributed by atoms with E-state index in [9.17, 15) is 4.79 Å². The number of amides is 1. The van der Waals surface area contributed by atoms with Crippen LogP contribution in [0.5, 0.6) is 11.5 Å². The lowest BCUT2D eigenvalue weighted by Gasteiger charge is -2.18. The third-order valence-electron chi connectivity index (χ3n) is 6.41. The van der Waals surface area contributed by atoms with Crippen molar-refractivity contribution in [1.29, 1.82) is 0 Å². The summed E-state index contributed by atoms with van der Waals surface area (Å²) in [7, 11) is 1.55. The molecular weight excluding hydrogens is 547 g/mol. The van der Waals surface area contributed by atoms with Crippen LogP contribution in [0.15, 0.2) is 72.8 Å². The number of nitrogens with one attached hydrogen (secondary N) is 1. The van der Waals surface area contributed by atoms with Crippen molar-refractivity contribution in [2.24, 2.45) is 0 Å². The highest BCUT2D eigenvalue weighted by atomic mass is 35.5. The molecule has 0 atom stereocenters. The van der Waals surface area contributed by atoms with Crippen molar-refractivity contribution in [1.82, 2.24) is 14.9 Å². The third kappa shape index (κ3) is 7.72. The summed E-state index contributed by atoms with van der Waals surface area (Å²) in [6, 6.07) is 21.6. The second kappa shape index (κ2) is 14.1. The van der Waals surface area contributed by atoms with E-state index in [4.69, 9.17) is 32.7 Å². The standard InChI is InChI=1S/C31H32Cl2N4O3/c1-4-37(5-2)17-6-18-40-25-15-16-26(29(19-25)39-3)36-31(38)30-34-27(21-7-11-23(32)12-8-21)20-28(35-30)22-9-13-24(33)14-10-22/h7-16,19-20H,4-6,17-18H2,1-3H3,(H,36,38). The Morgan fingerprint density at radius 2 is 1.43 bits per heavy atom. The van der Waals surface area contributed by atoms with Gasteiger partial charge in [0.2, 0.25) is 5.82 Å². The zero-order valence-electron chi connectivity index (χ0n) is 22.8. The summed E-state index contributed by atoms with van der Waals surface area (Å²) in [5.74, 6) is 0.676. The van der Waals surface area contributed by atoms with Crippen molar-refractivity contribution in [2.45, 2.75) is 20.3 Å². The predicted octanol–water partition coefficient (Wildman–Crippen LogP) is 7.49. The summed E-state index contributed by atoms with van der Waals surface area (Å²) in [6.45, 7) is 7.91. The molecule has 1 heterocycles. The lowest BCUT2D eigenvalue weighted by Crippen LogP contribution is -2.25. The van der Waals surface area contributed by atoms with Crippen LogP contribution >= 0.6 is 23.2 Å². The normalized spacial score (nSPS) is 10.9. The Kier molecular flexibility index (Phi) is 10.4. The van der Waals surface area contributed by atoms with E-state index in [1.807, 2.05) is 30.3 Å². The number of methoxy groups -OCH3 is 1. The highest BCUT2D eigenvalue weighted by Gasteiger charge is 2.17. The number of carbonyl (C=O) groups is 1. The molecule has 9 heteroatoms. The van der Waals surface area contributed by atoms with Gasteiger partial charge in [-0.05, 0) is 62.0 Å². The predicted molar refractivity (Wildman–Crippen MR) is 162 cm³/mol. The van der Waals surface area contributed by atoms with Crippen LogP contribution < -0.4 is 14.8 Å². The molecule has 0 unspecified atom stereocenters. The maximum atomic E-state index is 13.4. The molecule has 4 aromatic rings. The molecule has 4 rings (SSSR count). The van der Waals surface area contributed by atoms with E-state index >= 15 is 0 Å². The quantitative estimate of drug-likeness (QED) is 0.175. The minimum absolute atomic E-state index is 0.0104. The highest BCUT2D eigenvalue weighted by Crippen LogP contribution is 2.30. The zero-order chi connectivity index (χ0) is 28.5. The van der Waals surface area contributed by atoms with Crippen molar-refractivity contribution >= 4 is 34.8 Å². The number of benzene rings is 3. The minimum Gasteiger partial charge on any atom is -0.494 e. The van der Waals surface area contributed by atoms with E-state index in [0.717, 1.165) is 37.2 Å². The van der Waals surface area contributed by atoms with Crippen molar-refractivity contribution in [3.63, 3.8) is 0 Å². The summed E-state index contributed by atoms with van der Waals surface area (Å²) in [5, 5.41) is 4.10. The van der Waals surface area contributed by atoms with Gasteiger partial charge in [0.1, 0.15) is 11.5 Å². The van der Waals surface area contributed by atoms with Gasteiger partial charge in [0, 0.05) is 33.8 Å².